The maximum absolute atomic E-state index is 12.7. The molecule has 0 aromatic heterocycles. The summed E-state index contributed by atoms with van der Waals surface area (Å²) in [5.74, 6) is 0.575. The van der Waals surface area contributed by atoms with Gasteiger partial charge in [0.1, 0.15) is 5.75 Å². The maximum Gasteiger partial charge on any atom is 0.230 e. The van der Waals surface area contributed by atoms with E-state index < -0.39 is 0 Å². The average Bonchev–Trinajstić information content (AvgIpc) is 2.77. The fourth-order valence-electron chi connectivity index (χ4n) is 4.11. The molecule has 0 radical (unpaired) electrons. The molecule has 4 rings (SSSR count). The van der Waals surface area contributed by atoms with Gasteiger partial charge in [-0.25, -0.2) is 0 Å². The van der Waals surface area contributed by atoms with Crippen molar-refractivity contribution < 1.29 is 14.3 Å². The fourth-order valence-corrected chi connectivity index (χ4v) is 4.11. The first-order valence-electron chi connectivity index (χ1n) is 10.1. The lowest BCUT2D eigenvalue weighted by Crippen LogP contribution is -2.54. The predicted molar refractivity (Wildman–Crippen MR) is 112 cm³/mol. The van der Waals surface area contributed by atoms with Crippen molar-refractivity contribution in [2.24, 2.45) is 0 Å². The van der Waals surface area contributed by atoms with E-state index in [1.165, 1.54) is 10.6 Å². The summed E-state index contributed by atoms with van der Waals surface area (Å²) in [6, 6.07) is 18.0. The molecule has 2 amide bonds. The van der Waals surface area contributed by atoms with Gasteiger partial charge in [0.25, 0.3) is 0 Å². The van der Waals surface area contributed by atoms with Gasteiger partial charge in [0.15, 0.2) is 0 Å². The zero-order valence-corrected chi connectivity index (χ0v) is 16.8. The minimum atomic E-state index is -0.0763. The molecular weight excluding hydrogens is 366 g/mol. The van der Waals surface area contributed by atoms with Crippen LogP contribution in [0.15, 0.2) is 54.6 Å². The normalized spacial score (nSPS) is 18.9. The number of anilines is 1. The van der Waals surface area contributed by atoms with E-state index in [1.54, 1.807) is 7.11 Å². The van der Waals surface area contributed by atoms with Crippen molar-refractivity contribution in [1.29, 1.82) is 0 Å². The predicted octanol–water partition coefficient (Wildman–Crippen LogP) is 2.71. The average molecular weight is 393 g/mol. The molecule has 0 atom stereocenters. The highest BCUT2D eigenvalue weighted by molar-refractivity contribution is 5.98. The molecule has 2 aliphatic heterocycles. The van der Waals surface area contributed by atoms with Crippen LogP contribution in [0.1, 0.15) is 24.3 Å². The number of hydrogen-bond donors (Lipinski definition) is 0. The Balaban J connectivity index is 1.32. The molecule has 0 saturated carbocycles. The van der Waals surface area contributed by atoms with Crippen LogP contribution in [0.3, 0.4) is 0 Å². The van der Waals surface area contributed by atoms with Crippen LogP contribution in [-0.2, 0) is 9.59 Å². The van der Waals surface area contributed by atoms with E-state index in [0.29, 0.717) is 19.5 Å². The van der Waals surface area contributed by atoms with E-state index in [1.807, 2.05) is 42.5 Å². The minimum absolute atomic E-state index is 0.0490. The number of likely N-dealkylation sites (tertiary alicyclic amines) is 1. The number of carbonyl (C=O) groups is 2. The van der Waals surface area contributed by atoms with Gasteiger partial charge < -0.3 is 9.64 Å². The molecule has 6 heteroatoms. The smallest absolute Gasteiger partial charge is 0.230 e. The van der Waals surface area contributed by atoms with Gasteiger partial charge in [-0.2, -0.15) is 0 Å². The van der Waals surface area contributed by atoms with E-state index in [9.17, 15) is 9.59 Å². The first-order valence-corrected chi connectivity index (χ1v) is 10.1. The van der Waals surface area contributed by atoms with Crippen LogP contribution in [0.2, 0.25) is 0 Å². The Labute approximate surface area is 171 Å². The first kappa shape index (κ1) is 19.5. The summed E-state index contributed by atoms with van der Waals surface area (Å²) in [5, 5.41) is 0. The highest BCUT2D eigenvalue weighted by Gasteiger charge is 2.34. The van der Waals surface area contributed by atoms with Crippen molar-refractivity contribution in [2.75, 3.05) is 44.9 Å². The lowest BCUT2D eigenvalue weighted by Gasteiger charge is -2.39. The first-order chi connectivity index (χ1) is 14.1. The van der Waals surface area contributed by atoms with E-state index in [0.717, 1.165) is 37.5 Å². The minimum Gasteiger partial charge on any atom is -0.497 e. The van der Waals surface area contributed by atoms with Gasteiger partial charge in [0.05, 0.1) is 13.8 Å². The molecule has 2 fully saturated rings. The Bertz CT molecular complexity index is 827. The van der Waals surface area contributed by atoms with Crippen molar-refractivity contribution in [3.63, 3.8) is 0 Å². The topological polar surface area (TPSA) is 53.1 Å². The van der Waals surface area contributed by atoms with Crippen molar-refractivity contribution >= 4 is 17.5 Å². The fraction of sp³-hybridized carbons (Fsp3) is 0.391. The number of amides is 2. The van der Waals surface area contributed by atoms with Gasteiger partial charge in [-0.3, -0.25) is 19.4 Å². The van der Waals surface area contributed by atoms with E-state index in [2.05, 4.69) is 21.9 Å². The molecule has 0 N–H and O–H groups in total. The van der Waals surface area contributed by atoms with E-state index in [-0.39, 0.29) is 17.7 Å². The molecule has 2 aliphatic rings. The molecule has 0 spiro atoms. The second-order valence-corrected chi connectivity index (χ2v) is 7.68. The van der Waals surface area contributed by atoms with Gasteiger partial charge >= 0.3 is 0 Å². The third kappa shape index (κ3) is 4.43. The summed E-state index contributed by atoms with van der Waals surface area (Å²) in [6.45, 7) is 3.88. The molecular formula is C23H27N3O3. The van der Waals surface area contributed by atoms with Gasteiger partial charge in [-0.15, -0.1) is 0 Å². The molecule has 152 valence electrons. The zero-order chi connectivity index (χ0) is 20.2. The van der Waals surface area contributed by atoms with Crippen LogP contribution in [0, 0.1) is 0 Å². The molecule has 2 saturated heterocycles. The standard InChI is InChI=1S/C23H27N3O3/c1-29-21-9-7-18(8-10-21)19-15-22(27)26(23(28)16-19)17-24-11-13-25(14-12-24)20-5-3-2-4-6-20/h2-10,19H,11-17H2,1H3. The van der Waals surface area contributed by atoms with Crippen LogP contribution in [0.4, 0.5) is 5.69 Å². The zero-order valence-electron chi connectivity index (χ0n) is 16.8. The molecule has 2 aromatic carbocycles. The Kier molecular flexibility index (Phi) is 5.81. The summed E-state index contributed by atoms with van der Waals surface area (Å²) in [4.78, 5) is 31.4. The molecule has 0 bridgehead atoms. The third-order valence-electron chi connectivity index (χ3n) is 5.87. The van der Waals surface area contributed by atoms with Crippen LogP contribution >= 0.6 is 0 Å². The monoisotopic (exact) mass is 393 g/mol. The quantitative estimate of drug-likeness (QED) is 0.731. The number of carbonyl (C=O) groups excluding carboxylic acids is 2. The lowest BCUT2D eigenvalue weighted by molar-refractivity contribution is -0.151. The number of rotatable bonds is 5. The van der Waals surface area contributed by atoms with Crippen LogP contribution < -0.4 is 9.64 Å². The summed E-state index contributed by atoms with van der Waals surface area (Å²) >= 11 is 0. The number of hydrogen-bond acceptors (Lipinski definition) is 5. The van der Waals surface area contributed by atoms with Gasteiger partial charge in [-0.1, -0.05) is 30.3 Å². The highest BCUT2D eigenvalue weighted by atomic mass is 16.5. The number of piperazine rings is 1. The summed E-state index contributed by atoms with van der Waals surface area (Å²) < 4.78 is 5.19. The van der Waals surface area contributed by atoms with Crippen molar-refractivity contribution in [3.05, 3.63) is 60.2 Å². The van der Waals surface area contributed by atoms with Crippen molar-refractivity contribution in [1.82, 2.24) is 9.80 Å². The molecule has 29 heavy (non-hydrogen) atoms. The van der Waals surface area contributed by atoms with Crippen LogP contribution in [0.5, 0.6) is 5.75 Å². The van der Waals surface area contributed by atoms with Gasteiger partial charge in [-0.05, 0) is 29.8 Å². The molecule has 6 nitrogen and oxygen atoms in total. The van der Waals surface area contributed by atoms with Crippen LogP contribution in [0.25, 0.3) is 0 Å². The molecule has 0 aliphatic carbocycles. The second-order valence-electron chi connectivity index (χ2n) is 7.68. The maximum atomic E-state index is 12.7. The largest absolute Gasteiger partial charge is 0.497 e. The number of benzene rings is 2. The third-order valence-corrected chi connectivity index (χ3v) is 5.87. The Morgan fingerprint density at radius 3 is 2.07 bits per heavy atom. The highest BCUT2D eigenvalue weighted by Crippen LogP contribution is 2.31. The van der Waals surface area contributed by atoms with Gasteiger partial charge in [0, 0.05) is 50.6 Å². The van der Waals surface area contributed by atoms with Crippen molar-refractivity contribution in [3.8, 4) is 5.75 Å². The molecule has 2 aromatic rings. The number of methoxy groups -OCH3 is 1. The number of ether oxygens (including phenoxy) is 1. The second kappa shape index (κ2) is 8.66. The Morgan fingerprint density at radius 1 is 0.862 bits per heavy atom. The summed E-state index contributed by atoms with van der Waals surface area (Å²) in [7, 11) is 1.63. The molecule has 0 unspecified atom stereocenters. The number of para-hydroxylation sites is 1. The Morgan fingerprint density at radius 2 is 1.48 bits per heavy atom. The SMILES string of the molecule is COc1ccc(C2CC(=O)N(CN3CCN(c4ccccc4)CC3)C(=O)C2)cc1. The Hall–Kier alpha value is -2.86. The van der Waals surface area contributed by atoms with E-state index >= 15 is 0 Å². The van der Waals surface area contributed by atoms with Gasteiger partial charge in [0.2, 0.25) is 11.8 Å². The van der Waals surface area contributed by atoms with Crippen molar-refractivity contribution in [2.45, 2.75) is 18.8 Å². The molecule has 2 heterocycles. The van der Waals surface area contributed by atoms with E-state index in [4.69, 9.17) is 4.74 Å². The summed E-state index contributed by atoms with van der Waals surface area (Å²) in [5.41, 5.74) is 2.24. The van der Waals surface area contributed by atoms with Crippen LogP contribution in [-0.4, -0.2) is 61.6 Å². The summed E-state index contributed by atoms with van der Waals surface area (Å²) in [6.07, 6.45) is 0.754. The number of imide groups is 1. The number of piperidine rings is 1. The number of nitrogens with zero attached hydrogens (tertiary/aromatic N) is 3. The lowest BCUT2D eigenvalue weighted by atomic mass is 9.88.